The summed E-state index contributed by atoms with van der Waals surface area (Å²) in [5, 5.41) is 6.37. The number of anilines is 1. The molecule has 74 valence electrons. The third kappa shape index (κ3) is 2.27. The van der Waals surface area contributed by atoms with Gasteiger partial charge in [-0.15, -0.1) is 0 Å². The Morgan fingerprint density at radius 3 is 2.93 bits per heavy atom. The molecule has 0 saturated carbocycles. The Kier molecular flexibility index (Phi) is 3.08. The van der Waals surface area contributed by atoms with E-state index in [-0.39, 0.29) is 0 Å². The molecule has 1 aromatic carbocycles. The minimum absolute atomic E-state index is 0.837. The second-order valence-corrected chi connectivity index (χ2v) is 4.68. The van der Waals surface area contributed by atoms with E-state index in [2.05, 4.69) is 47.5 Å². The van der Waals surface area contributed by atoms with Crippen molar-refractivity contribution in [2.45, 2.75) is 0 Å². The average Bonchev–Trinajstić information content (AvgIpc) is 2.64. The fraction of sp³-hybridized carbons (Fsp3) is 0.222. The van der Waals surface area contributed by atoms with E-state index >= 15 is 0 Å². The maximum atomic E-state index is 4.26. The van der Waals surface area contributed by atoms with Crippen LogP contribution in [0.4, 0.5) is 5.69 Å². The van der Waals surface area contributed by atoms with Crippen molar-refractivity contribution in [1.82, 2.24) is 5.32 Å². The van der Waals surface area contributed by atoms with Crippen LogP contribution in [-0.4, -0.2) is 19.0 Å². The van der Waals surface area contributed by atoms with E-state index in [1.54, 1.807) is 0 Å². The molecule has 14 heavy (non-hydrogen) atoms. The smallest absolute Gasteiger partial charge is 0.195 e. The Balaban J connectivity index is 2.19. The van der Waals surface area contributed by atoms with Crippen molar-refractivity contribution in [1.29, 1.82) is 0 Å². The molecule has 0 saturated heterocycles. The molecule has 0 radical (unpaired) electrons. The summed E-state index contributed by atoms with van der Waals surface area (Å²) in [6, 6.07) is 5.98. The number of hydrogen-bond acceptors (Lipinski definition) is 3. The first-order chi connectivity index (χ1) is 6.75. The van der Waals surface area contributed by atoms with Crippen LogP contribution in [0, 0.1) is 0 Å². The molecule has 1 heterocycles. The number of aliphatic imine (C=N–C) groups is 1. The van der Waals surface area contributed by atoms with Gasteiger partial charge in [0.1, 0.15) is 0 Å². The predicted molar refractivity (Wildman–Crippen MR) is 65.8 cm³/mol. The van der Waals surface area contributed by atoms with Crippen molar-refractivity contribution in [3.05, 3.63) is 27.1 Å². The van der Waals surface area contributed by atoms with E-state index < -0.39 is 0 Å². The van der Waals surface area contributed by atoms with Crippen LogP contribution in [0.5, 0.6) is 0 Å². The highest BCUT2D eigenvalue weighted by atomic mass is 79.9. The number of guanidine groups is 1. The van der Waals surface area contributed by atoms with Gasteiger partial charge in [-0.05, 0) is 34.1 Å². The molecular weight excluding hydrogens is 310 g/mol. The quantitative estimate of drug-likeness (QED) is 0.835. The Morgan fingerprint density at radius 1 is 1.36 bits per heavy atom. The molecule has 0 aromatic heterocycles. The largest absolute Gasteiger partial charge is 0.354 e. The molecule has 2 N–H and O–H groups in total. The summed E-state index contributed by atoms with van der Waals surface area (Å²) in [4.78, 5) is 4.26. The summed E-state index contributed by atoms with van der Waals surface area (Å²) in [6.07, 6.45) is 0. The van der Waals surface area contributed by atoms with Gasteiger partial charge in [-0.25, -0.2) is 0 Å². The summed E-state index contributed by atoms with van der Waals surface area (Å²) >= 11 is 6.90. The van der Waals surface area contributed by atoms with Gasteiger partial charge in [0.15, 0.2) is 5.96 Å². The van der Waals surface area contributed by atoms with Gasteiger partial charge in [0, 0.05) is 15.5 Å². The Bertz CT molecular complexity index is 376. The summed E-state index contributed by atoms with van der Waals surface area (Å²) in [7, 11) is 0. The molecule has 1 aromatic rings. The van der Waals surface area contributed by atoms with Gasteiger partial charge in [0.2, 0.25) is 0 Å². The number of hydrogen-bond donors (Lipinski definition) is 2. The van der Waals surface area contributed by atoms with Crippen LogP contribution < -0.4 is 10.6 Å². The van der Waals surface area contributed by atoms with Crippen molar-refractivity contribution in [2.75, 3.05) is 18.4 Å². The maximum Gasteiger partial charge on any atom is 0.195 e. The van der Waals surface area contributed by atoms with Crippen LogP contribution in [0.1, 0.15) is 0 Å². The number of halogens is 2. The van der Waals surface area contributed by atoms with E-state index in [0.29, 0.717) is 0 Å². The van der Waals surface area contributed by atoms with Crippen molar-refractivity contribution in [3.8, 4) is 0 Å². The highest BCUT2D eigenvalue weighted by Crippen LogP contribution is 2.26. The molecule has 5 heteroatoms. The first-order valence-corrected chi connectivity index (χ1v) is 5.85. The number of nitrogens with zero attached hydrogens (tertiary/aromatic N) is 1. The zero-order valence-electron chi connectivity index (χ0n) is 7.35. The molecule has 0 fully saturated rings. The van der Waals surface area contributed by atoms with Crippen LogP contribution in [0.3, 0.4) is 0 Å². The molecule has 0 spiro atoms. The number of nitrogens with one attached hydrogen (secondary N) is 2. The normalized spacial score (nSPS) is 14.9. The lowest BCUT2D eigenvalue weighted by molar-refractivity contribution is 0.959. The lowest BCUT2D eigenvalue weighted by Gasteiger charge is -2.08. The second-order valence-electron chi connectivity index (χ2n) is 2.91. The molecule has 1 aliphatic rings. The highest BCUT2D eigenvalue weighted by Gasteiger charge is 2.07. The fourth-order valence-corrected chi connectivity index (χ4v) is 1.91. The van der Waals surface area contributed by atoms with Gasteiger partial charge < -0.3 is 10.6 Å². The standard InChI is InChI=1S/C9H9Br2N3/c10-6-1-2-7(11)8(5-6)14-9-12-3-4-13-9/h1-2,5H,3-4H2,(H2,12,13,14). The topological polar surface area (TPSA) is 36.4 Å². The predicted octanol–water partition coefficient (Wildman–Crippen LogP) is 2.58. The third-order valence-corrected chi connectivity index (χ3v) is 3.04. The van der Waals surface area contributed by atoms with Gasteiger partial charge in [-0.3, -0.25) is 4.99 Å². The number of rotatable bonds is 1. The average molecular weight is 319 g/mol. The monoisotopic (exact) mass is 317 g/mol. The molecule has 1 aliphatic heterocycles. The molecule has 0 aliphatic carbocycles. The summed E-state index contributed by atoms with van der Waals surface area (Å²) in [6.45, 7) is 1.75. The van der Waals surface area contributed by atoms with Crippen molar-refractivity contribution < 1.29 is 0 Å². The SMILES string of the molecule is Brc1ccc(Br)c(NC2=NCCN2)c1. The molecular formula is C9H9Br2N3. The molecule has 0 bridgehead atoms. The van der Waals surface area contributed by atoms with Gasteiger partial charge in [0.25, 0.3) is 0 Å². The molecule has 0 amide bonds. The second kappa shape index (κ2) is 4.31. The third-order valence-electron chi connectivity index (χ3n) is 1.86. The first kappa shape index (κ1) is 9.98. The van der Waals surface area contributed by atoms with Crippen molar-refractivity contribution >= 4 is 43.5 Å². The van der Waals surface area contributed by atoms with Gasteiger partial charge >= 0.3 is 0 Å². The van der Waals surface area contributed by atoms with Crippen LogP contribution in [0.25, 0.3) is 0 Å². The molecule has 0 atom stereocenters. The highest BCUT2D eigenvalue weighted by molar-refractivity contribution is 9.11. The first-order valence-electron chi connectivity index (χ1n) is 4.26. The summed E-state index contributed by atoms with van der Waals surface area (Å²) in [5.41, 5.74) is 1.01. The minimum Gasteiger partial charge on any atom is -0.354 e. The molecule has 2 rings (SSSR count). The lowest BCUT2D eigenvalue weighted by Crippen LogP contribution is -2.26. The number of benzene rings is 1. The van der Waals surface area contributed by atoms with Crippen molar-refractivity contribution in [3.63, 3.8) is 0 Å². The zero-order valence-corrected chi connectivity index (χ0v) is 10.5. The van der Waals surface area contributed by atoms with Gasteiger partial charge in [0.05, 0.1) is 12.2 Å². The van der Waals surface area contributed by atoms with E-state index in [0.717, 1.165) is 33.7 Å². The Labute approximate surface area is 99.3 Å². The summed E-state index contributed by atoms with van der Waals surface area (Å²) < 4.78 is 2.07. The minimum atomic E-state index is 0.837. The van der Waals surface area contributed by atoms with Crippen LogP contribution >= 0.6 is 31.9 Å². The van der Waals surface area contributed by atoms with Gasteiger partial charge in [-0.1, -0.05) is 15.9 Å². The molecule has 0 unspecified atom stereocenters. The van der Waals surface area contributed by atoms with Crippen LogP contribution in [0.2, 0.25) is 0 Å². The van der Waals surface area contributed by atoms with E-state index in [1.807, 2.05) is 18.2 Å². The van der Waals surface area contributed by atoms with Crippen LogP contribution in [-0.2, 0) is 0 Å². The van der Waals surface area contributed by atoms with E-state index in [9.17, 15) is 0 Å². The fourth-order valence-electron chi connectivity index (χ4n) is 1.20. The van der Waals surface area contributed by atoms with Gasteiger partial charge in [-0.2, -0.15) is 0 Å². The Hall–Kier alpha value is -0.550. The Morgan fingerprint density at radius 2 is 2.21 bits per heavy atom. The van der Waals surface area contributed by atoms with E-state index in [1.165, 1.54) is 0 Å². The van der Waals surface area contributed by atoms with Crippen molar-refractivity contribution in [2.24, 2.45) is 4.99 Å². The molecule has 3 nitrogen and oxygen atoms in total. The summed E-state index contributed by atoms with van der Waals surface area (Å²) in [5.74, 6) is 0.837. The van der Waals surface area contributed by atoms with Crippen LogP contribution in [0.15, 0.2) is 32.1 Å². The lowest BCUT2D eigenvalue weighted by atomic mass is 10.3. The zero-order chi connectivity index (χ0) is 9.97. The van der Waals surface area contributed by atoms with E-state index in [4.69, 9.17) is 0 Å². The maximum absolute atomic E-state index is 4.26.